The van der Waals surface area contributed by atoms with Gasteiger partial charge in [0.05, 0.1) is 21.8 Å². The first-order chi connectivity index (χ1) is 22.5. The summed E-state index contributed by atoms with van der Waals surface area (Å²) in [6.07, 6.45) is 0. The van der Waals surface area contributed by atoms with E-state index in [9.17, 15) is 22.8 Å². The van der Waals surface area contributed by atoms with Crippen molar-refractivity contribution >= 4 is 39.0 Å². The van der Waals surface area contributed by atoms with Crippen LogP contribution in [0.15, 0.2) is 132 Å². The topological polar surface area (TPSA) is 113 Å². The second kappa shape index (κ2) is 14.4. The summed E-state index contributed by atoms with van der Waals surface area (Å²) >= 11 is 0. The maximum atomic E-state index is 13.5. The van der Waals surface area contributed by atoms with Gasteiger partial charge in [0.25, 0.3) is 11.8 Å². The van der Waals surface area contributed by atoms with E-state index >= 15 is 0 Å². The smallest absolute Gasteiger partial charge is 0.257 e. The predicted octanol–water partition coefficient (Wildman–Crippen LogP) is 7.33. The Bertz CT molecular complexity index is 2010. The zero-order chi connectivity index (χ0) is 33.6. The molecule has 2 amide bonds. The monoisotopic (exact) mass is 645 g/mol. The van der Waals surface area contributed by atoms with Crippen molar-refractivity contribution in [1.82, 2.24) is 4.31 Å². The molecule has 0 heterocycles. The van der Waals surface area contributed by atoms with Crippen LogP contribution in [0.4, 0.5) is 11.4 Å². The molecule has 0 bridgehead atoms. The summed E-state index contributed by atoms with van der Waals surface area (Å²) in [4.78, 5) is 40.2. The van der Waals surface area contributed by atoms with Crippen molar-refractivity contribution in [3.8, 4) is 0 Å². The van der Waals surface area contributed by atoms with E-state index in [-0.39, 0.29) is 40.1 Å². The number of carbonyl (C=O) groups excluding carboxylic acids is 3. The summed E-state index contributed by atoms with van der Waals surface area (Å²) in [6, 6.07) is 35.3. The Morgan fingerprint density at radius 3 is 1.87 bits per heavy atom. The fourth-order valence-corrected chi connectivity index (χ4v) is 6.72. The lowest BCUT2D eigenvalue weighted by atomic mass is 9.99. The number of para-hydroxylation sites is 1. The molecule has 0 aliphatic carbocycles. The average Bonchev–Trinajstić information content (AvgIpc) is 3.08. The van der Waals surface area contributed by atoms with Gasteiger partial charge in [-0.25, -0.2) is 8.42 Å². The first-order valence-electron chi connectivity index (χ1n) is 15.1. The second-order valence-electron chi connectivity index (χ2n) is 11.4. The highest BCUT2D eigenvalue weighted by Crippen LogP contribution is 2.25. The van der Waals surface area contributed by atoms with Gasteiger partial charge in [-0.2, -0.15) is 4.31 Å². The lowest BCUT2D eigenvalue weighted by molar-refractivity contribution is 0.102. The minimum atomic E-state index is -3.85. The van der Waals surface area contributed by atoms with Crippen LogP contribution in [0, 0.1) is 6.92 Å². The van der Waals surface area contributed by atoms with E-state index in [1.165, 1.54) is 28.6 Å². The number of hydrogen-bond acceptors (Lipinski definition) is 5. The van der Waals surface area contributed by atoms with Crippen molar-refractivity contribution in [1.29, 1.82) is 0 Å². The molecule has 0 aliphatic heterocycles. The van der Waals surface area contributed by atoms with E-state index < -0.39 is 21.8 Å². The molecule has 0 saturated carbocycles. The molecule has 2 N–H and O–H groups in total. The Kier molecular flexibility index (Phi) is 10.1. The van der Waals surface area contributed by atoms with Crippen molar-refractivity contribution in [3.05, 3.63) is 161 Å². The van der Waals surface area contributed by atoms with E-state index in [1.54, 1.807) is 66.7 Å². The Labute approximate surface area is 275 Å². The number of hydrogen-bond donors (Lipinski definition) is 2. The number of amides is 2. The lowest BCUT2D eigenvalue weighted by Gasteiger charge is -2.26. The molecule has 9 heteroatoms. The predicted molar refractivity (Wildman–Crippen MR) is 184 cm³/mol. The van der Waals surface area contributed by atoms with Crippen molar-refractivity contribution in [2.45, 2.75) is 38.3 Å². The molecule has 0 unspecified atom stereocenters. The molecule has 5 aromatic rings. The molecule has 238 valence electrons. The van der Waals surface area contributed by atoms with Crippen molar-refractivity contribution < 1.29 is 22.8 Å². The molecule has 0 saturated heterocycles. The molecule has 0 aliphatic rings. The number of nitrogens with one attached hydrogen (secondary N) is 2. The second-order valence-corrected chi connectivity index (χ2v) is 13.2. The highest BCUT2D eigenvalue weighted by atomic mass is 32.2. The van der Waals surface area contributed by atoms with Gasteiger partial charge in [-0.3, -0.25) is 14.4 Å². The molecule has 0 radical (unpaired) electrons. The Hall–Kier alpha value is -5.38. The fourth-order valence-electron chi connectivity index (χ4n) is 5.10. The quantitative estimate of drug-likeness (QED) is 0.146. The van der Waals surface area contributed by atoms with Gasteiger partial charge in [0.15, 0.2) is 5.78 Å². The summed E-state index contributed by atoms with van der Waals surface area (Å²) < 4.78 is 28.5. The SMILES string of the molecule is Cc1ccc(NC(=O)c2ccccc2NC(=O)c2ccc(S(=O)(=O)N(Cc3ccccc3)C(C)C)cc2)c(C(=O)c2ccccc2)c1. The van der Waals surface area contributed by atoms with Gasteiger partial charge in [0, 0.05) is 29.3 Å². The van der Waals surface area contributed by atoms with Crippen LogP contribution >= 0.6 is 0 Å². The molecular weight excluding hydrogens is 611 g/mol. The van der Waals surface area contributed by atoms with Crippen LogP contribution in [-0.2, 0) is 16.6 Å². The van der Waals surface area contributed by atoms with Crippen LogP contribution in [0.2, 0.25) is 0 Å². The summed E-state index contributed by atoms with van der Waals surface area (Å²) in [5.41, 5.74) is 3.57. The van der Waals surface area contributed by atoms with Gasteiger partial charge in [0.1, 0.15) is 0 Å². The van der Waals surface area contributed by atoms with Gasteiger partial charge in [0.2, 0.25) is 10.0 Å². The van der Waals surface area contributed by atoms with Gasteiger partial charge < -0.3 is 10.6 Å². The van der Waals surface area contributed by atoms with E-state index in [1.807, 2.05) is 57.2 Å². The zero-order valence-electron chi connectivity index (χ0n) is 26.3. The third-order valence-electron chi connectivity index (χ3n) is 7.60. The zero-order valence-corrected chi connectivity index (χ0v) is 27.1. The Morgan fingerprint density at radius 1 is 0.638 bits per heavy atom. The molecular formula is C38H35N3O5S. The molecule has 47 heavy (non-hydrogen) atoms. The van der Waals surface area contributed by atoms with E-state index in [4.69, 9.17) is 0 Å². The number of rotatable bonds is 11. The van der Waals surface area contributed by atoms with Crippen LogP contribution < -0.4 is 10.6 Å². The van der Waals surface area contributed by atoms with E-state index in [0.29, 0.717) is 16.8 Å². The number of ketones is 1. The minimum absolute atomic E-state index is 0.0670. The first-order valence-corrected chi connectivity index (χ1v) is 16.6. The largest absolute Gasteiger partial charge is 0.321 e. The highest BCUT2D eigenvalue weighted by Gasteiger charge is 2.27. The van der Waals surface area contributed by atoms with E-state index in [0.717, 1.165) is 11.1 Å². The normalized spacial score (nSPS) is 11.3. The van der Waals surface area contributed by atoms with Crippen LogP contribution in [0.3, 0.4) is 0 Å². The van der Waals surface area contributed by atoms with Gasteiger partial charge in [-0.1, -0.05) is 84.4 Å². The third kappa shape index (κ3) is 7.71. The standard InChI is InChI=1S/C38H35N3O5S/c1-26(2)41(25-28-12-6-4-7-13-28)47(45,46)31-21-19-30(20-22-31)37(43)39-34-17-11-10-16-32(34)38(44)40-35-23-18-27(3)24-33(35)36(42)29-14-8-5-9-15-29/h4-24,26H,25H2,1-3H3,(H,39,43)(H,40,44). The summed E-state index contributed by atoms with van der Waals surface area (Å²) in [5, 5.41) is 5.61. The fraction of sp³-hybridized carbons (Fsp3) is 0.132. The number of nitrogens with zero attached hydrogens (tertiary/aromatic N) is 1. The van der Waals surface area contributed by atoms with Crippen molar-refractivity contribution in [2.24, 2.45) is 0 Å². The Balaban J connectivity index is 1.33. The highest BCUT2D eigenvalue weighted by molar-refractivity contribution is 7.89. The van der Waals surface area contributed by atoms with Crippen LogP contribution in [-0.4, -0.2) is 36.4 Å². The third-order valence-corrected chi connectivity index (χ3v) is 9.64. The number of benzene rings is 5. The maximum Gasteiger partial charge on any atom is 0.257 e. The molecule has 8 nitrogen and oxygen atoms in total. The minimum Gasteiger partial charge on any atom is -0.321 e. The summed E-state index contributed by atoms with van der Waals surface area (Å²) in [5.74, 6) is -1.26. The molecule has 5 aromatic carbocycles. The maximum absolute atomic E-state index is 13.5. The first kappa shape index (κ1) is 33.0. The van der Waals surface area contributed by atoms with Crippen molar-refractivity contribution in [3.63, 3.8) is 0 Å². The van der Waals surface area contributed by atoms with Crippen LogP contribution in [0.25, 0.3) is 0 Å². The van der Waals surface area contributed by atoms with Crippen LogP contribution in [0.1, 0.15) is 61.6 Å². The molecule has 5 rings (SSSR count). The number of sulfonamides is 1. The molecule has 0 spiro atoms. The van der Waals surface area contributed by atoms with Gasteiger partial charge in [-0.15, -0.1) is 0 Å². The summed E-state index contributed by atoms with van der Waals surface area (Å²) in [7, 11) is -3.85. The number of carbonyl (C=O) groups is 3. The Morgan fingerprint density at radius 2 is 1.21 bits per heavy atom. The molecule has 0 fully saturated rings. The van der Waals surface area contributed by atoms with Crippen molar-refractivity contribution in [2.75, 3.05) is 10.6 Å². The van der Waals surface area contributed by atoms with E-state index in [2.05, 4.69) is 10.6 Å². The lowest BCUT2D eigenvalue weighted by Crippen LogP contribution is -2.36. The average molecular weight is 646 g/mol. The van der Waals surface area contributed by atoms with Gasteiger partial charge in [-0.05, 0) is 74.9 Å². The summed E-state index contributed by atoms with van der Waals surface area (Å²) in [6.45, 7) is 5.71. The molecule has 0 aromatic heterocycles. The van der Waals surface area contributed by atoms with Gasteiger partial charge >= 0.3 is 0 Å². The van der Waals surface area contributed by atoms with Crippen LogP contribution in [0.5, 0.6) is 0 Å². The molecule has 0 atom stereocenters. The number of aryl methyl sites for hydroxylation is 1. The number of anilines is 2.